The standard InChI is InChI=1S/C21H14FN5OS2/c22-14-6-8-15(9-7-14)27-19(13-4-2-1-3-5-13)25-26-21(27)30-12-17-23-16-10-11-29-18(16)20(28)24-17/h1-11H,12H2,(H,23,24,28). The molecule has 0 unspecified atom stereocenters. The van der Waals surface area contributed by atoms with Gasteiger partial charge in [0.15, 0.2) is 11.0 Å². The molecule has 9 heteroatoms. The predicted molar refractivity (Wildman–Crippen MR) is 117 cm³/mol. The van der Waals surface area contributed by atoms with Crippen LogP contribution in [0.5, 0.6) is 0 Å². The molecule has 0 aliphatic rings. The average Bonchev–Trinajstić information content (AvgIpc) is 3.41. The van der Waals surface area contributed by atoms with E-state index in [1.165, 1.54) is 35.2 Å². The number of thiophene rings is 1. The van der Waals surface area contributed by atoms with E-state index in [9.17, 15) is 9.18 Å². The van der Waals surface area contributed by atoms with Gasteiger partial charge in [-0.2, -0.15) is 0 Å². The molecule has 0 bridgehead atoms. The van der Waals surface area contributed by atoms with E-state index in [0.29, 0.717) is 32.8 Å². The van der Waals surface area contributed by atoms with E-state index in [0.717, 1.165) is 11.3 Å². The van der Waals surface area contributed by atoms with Crippen LogP contribution in [0.4, 0.5) is 4.39 Å². The van der Waals surface area contributed by atoms with Gasteiger partial charge in [-0.1, -0.05) is 42.1 Å². The third-order valence-corrected chi connectivity index (χ3v) is 6.29. The zero-order valence-corrected chi connectivity index (χ0v) is 17.1. The summed E-state index contributed by atoms with van der Waals surface area (Å²) in [6.07, 6.45) is 0. The number of H-pyrrole nitrogens is 1. The average molecular weight is 436 g/mol. The zero-order valence-electron chi connectivity index (χ0n) is 15.4. The van der Waals surface area contributed by atoms with E-state index in [2.05, 4.69) is 20.2 Å². The predicted octanol–water partition coefficient (Wildman–Crippen LogP) is 4.66. The summed E-state index contributed by atoms with van der Waals surface area (Å²) in [6, 6.07) is 17.7. The smallest absolute Gasteiger partial charge is 0.268 e. The van der Waals surface area contributed by atoms with Crippen LogP contribution >= 0.6 is 23.1 Å². The molecule has 0 atom stereocenters. The summed E-state index contributed by atoms with van der Waals surface area (Å²) in [4.78, 5) is 19.6. The lowest BCUT2D eigenvalue weighted by Crippen LogP contribution is -2.09. The number of aromatic amines is 1. The summed E-state index contributed by atoms with van der Waals surface area (Å²) < 4.78 is 16.0. The quantitative estimate of drug-likeness (QED) is 0.406. The summed E-state index contributed by atoms with van der Waals surface area (Å²) in [6.45, 7) is 0. The molecule has 0 spiro atoms. The molecule has 0 saturated heterocycles. The molecule has 5 rings (SSSR count). The monoisotopic (exact) mass is 435 g/mol. The molecular weight excluding hydrogens is 421 g/mol. The van der Waals surface area contributed by atoms with Gasteiger partial charge in [-0.25, -0.2) is 9.37 Å². The maximum absolute atomic E-state index is 13.5. The number of hydrogen-bond donors (Lipinski definition) is 1. The molecule has 148 valence electrons. The molecule has 0 fully saturated rings. The van der Waals surface area contributed by atoms with Gasteiger partial charge in [0.25, 0.3) is 5.56 Å². The second-order valence-electron chi connectivity index (χ2n) is 6.42. The lowest BCUT2D eigenvalue weighted by Gasteiger charge is -2.10. The maximum Gasteiger partial charge on any atom is 0.268 e. The molecule has 1 N–H and O–H groups in total. The van der Waals surface area contributed by atoms with Gasteiger partial charge in [-0.15, -0.1) is 21.5 Å². The summed E-state index contributed by atoms with van der Waals surface area (Å²) >= 11 is 2.77. The number of nitrogens with zero attached hydrogens (tertiary/aromatic N) is 4. The van der Waals surface area contributed by atoms with Gasteiger partial charge in [0.1, 0.15) is 16.3 Å². The van der Waals surface area contributed by atoms with Gasteiger partial charge in [-0.3, -0.25) is 9.36 Å². The lowest BCUT2D eigenvalue weighted by molar-refractivity contribution is 0.627. The van der Waals surface area contributed by atoms with Crippen molar-refractivity contribution in [1.29, 1.82) is 0 Å². The van der Waals surface area contributed by atoms with Crippen molar-refractivity contribution >= 4 is 33.3 Å². The highest BCUT2D eigenvalue weighted by atomic mass is 32.2. The minimum Gasteiger partial charge on any atom is -0.309 e. The molecule has 2 aromatic carbocycles. The molecule has 0 aliphatic heterocycles. The number of benzene rings is 2. The van der Waals surface area contributed by atoms with E-state index in [1.54, 1.807) is 12.1 Å². The van der Waals surface area contributed by atoms with Crippen molar-refractivity contribution in [3.05, 3.63) is 88.0 Å². The third-order valence-electron chi connectivity index (χ3n) is 4.45. The number of aromatic nitrogens is 5. The first-order valence-corrected chi connectivity index (χ1v) is 10.9. The Morgan fingerprint density at radius 2 is 1.83 bits per heavy atom. The summed E-state index contributed by atoms with van der Waals surface area (Å²) in [7, 11) is 0. The van der Waals surface area contributed by atoms with Crippen LogP contribution in [0.15, 0.2) is 76.0 Å². The molecule has 0 radical (unpaired) electrons. The molecule has 3 heterocycles. The van der Waals surface area contributed by atoms with Gasteiger partial charge < -0.3 is 4.98 Å². The van der Waals surface area contributed by atoms with Gasteiger partial charge >= 0.3 is 0 Å². The van der Waals surface area contributed by atoms with Crippen LogP contribution in [-0.2, 0) is 5.75 Å². The Bertz CT molecular complexity index is 1380. The fraction of sp³-hybridized carbons (Fsp3) is 0.0476. The van der Waals surface area contributed by atoms with Crippen LogP contribution in [0.25, 0.3) is 27.3 Å². The SMILES string of the molecule is O=c1[nH]c(CSc2nnc(-c3ccccc3)n2-c2ccc(F)cc2)nc2ccsc12. The molecule has 30 heavy (non-hydrogen) atoms. The second kappa shape index (κ2) is 7.85. The minimum absolute atomic E-state index is 0.143. The first-order chi connectivity index (χ1) is 14.7. The number of fused-ring (bicyclic) bond motifs is 1. The fourth-order valence-electron chi connectivity index (χ4n) is 3.08. The van der Waals surface area contributed by atoms with Crippen molar-refractivity contribution in [2.45, 2.75) is 10.9 Å². The number of nitrogens with one attached hydrogen (secondary N) is 1. The van der Waals surface area contributed by atoms with Crippen molar-refractivity contribution in [3.63, 3.8) is 0 Å². The van der Waals surface area contributed by atoms with E-state index in [-0.39, 0.29) is 11.4 Å². The number of halogens is 1. The molecule has 5 aromatic rings. The number of thioether (sulfide) groups is 1. The van der Waals surface area contributed by atoms with Crippen molar-refractivity contribution in [3.8, 4) is 17.1 Å². The van der Waals surface area contributed by atoms with Crippen LogP contribution < -0.4 is 5.56 Å². The Morgan fingerprint density at radius 1 is 1.03 bits per heavy atom. The Hall–Kier alpha value is -3.30. The van der Waals surface area contributed by atoms with E-state index < -0.39 is 0 Å². The molecular formula is C21H14FN5OS2. The van der Waals surface area contributed by atoms with Crippen LogP contribution in [0.2, 0.25) is 0 Å². The second-order valence-corrected chi connectivity index (χ2v) is 8.28. The van der Waals surface area contributed by atoms with E-state index >= 15 is 0 Å². The first kappa shape index (κ1) is 18.7. The lowest BCUT2D eigenvalue weighted by atomic mass is 10.2. The van der Waals surface area contributed by atoms with Crippen molar-refractivity contribution in [1.82, 2.24) is 24.7 Å². The highest BCUT2D eigenvalue weighted by molar-refractivity contribution is 7.98. The summed E-state index contributed by atoms with van der Waals surface area (Å²) in [5.41, 5.74) is 2.18. The third kappa shape index (κ3) is 3.53. The van der Waals surface area contributed by atoms with Crippen LogP contribution in [-0.4, -0.2) is 24.7 Å². The van der Waals surface area contributed by atoms with Gasteiger partial charge in [0.2, 0.25) is 0 Å². The summed E-state index contributed by atoms with van der Waals surface area (Å²) in [5.74, 6) is 1.31. The van der Waals surface area contributed by atoms with Gasteiger partial charge in [0, 0.05) is 11.3 Å². The largest absolute Gasteiger partial charge is 0.309 e. The van der Waals surface area contributed by atoms with Gasteiger partial charge in [-0.05, 0) is 35.7 Å². The van der Waals surface area contributed by atoms with E-state index in [1.807, 2.05) is 46.3 Å². The Kier molecular flexibility index (Phi) is 4.89. The van der Waals surface area contributed by atoms with Crippen LogP contribution in [0.1, 0.15) is 5.82 Å². The van der Waals surface area contributed by atoms with Crippen molar-refractivity contribution in [2.24, 2.45) is 0 Å². The number of hydrogen-bond acceptors (Lipinski definition) is 6. The molecule has 0 aliphatic carbocycles. The molecule has 0 amide bonds. The Morgan fingerprint density at radius 3 is 2.63 bits per heavy atom. The van der Waals surface area contributed by atoms with Gasteiger partial charge in [0.05, 0.1) is 11.3 Å². The topological polar surface area (TPSA) is 76.5 Å². The van der Waals surface area contributed by atoms with Crippen molar-refractivity contribution < 1.29 is 4.39 Å². The molecule has 6 nitrogen and oxygen atoms in total. The van der Waals surface area contributed by atoms with E-state index in [4.69, 9.17) is 0 Å². The van der Waals surface area contributed by atoms with Crippen molar-refractivity contribution in [2.75, 3.05) is 0 Å². The zero-order chi connectivity index (χ0) is 20.5. The Balaban J connectivity index is 1.53. The minimum atomic E-state index is -0.312. The molecule has 3 aromatic heterocycles. The summed E-state index contributed by atoms with van der Waals surface area (Å²) in [5, 5.41) is 11.2. The maximum atomic E-state index is 13.5. The number of rotatable bonds is 5. The van der Waals surface area contributed by atoms with Crippen LogP contribution in [0, 0.1) is 5.82 Å². The fourth-order valence-corrected chi connectivity index (χ4v) is 4.63. The highest BCUT2D eigenvalue weighted by Gasteiger charge is 2.17. The highest BCUT2D eigenvalue weighted by Crippen LogP contribution is 2.29. The Labute approximate surface area is 178 Å². The normalized spacial score (nSPS) is 11.2. The molecule has 0 saturated carbocycles. The first-order valence-electron chi connectivity index (χ1n) is 9.05. The van der Waals surface area contributed by atoms with Crippen LogP contribution in [0.3, 0.4) is 0 Å².